The van der Waals surface area contributed by atoms with Crippen LogP contribution in [0.1, 0.15) is 39.2 Å². The predicted molar refractivity (Wildman–Crippen MR) is 114 cm³/mol. The maximum atomic E-state index is 5.88. The molecule has 0 atom stereocenters. The Morgan fingerprint density at radius 2 is 1.74 bits per heavy atom. The van der Waals surface area contributed by atoms with Crippen molar-refractivity contribution in [2.75, 3.05) is 6.61 Å². The molecule has 0 bridgehead atoms. The molecular formula is C25H30OU. The van der Waals surface area contributed by atoms with Crippen LogP contribution in [0.25, 0.3) is 5.57 Å². The van der Waals surface area contributed by atoms with Gasteiger partial charge in [0.05, 0.1) is 6.61 Å². The summed E-state index contributed by atoms with van der Waals surface area (Å²) in [6.07, 6.45) is 10.4. The molecular weight excluding hydrogens is 554 g/mol. The molecule has 0 amide bonds. The van der Waals surface area contributed by atoms with Crippen molar-refractivity contribution in [3.05, 3.63) is 103 Å². The monoisotopic (exact) mass is 584 g/mol. The fraction of sp³-hybridized carbons (Fsp3) is 0.240. The number of rotatable bonds is 4. The minimum atomic E-state index is 0. The van der Waals surface area contributed by atoms with Gasteiger partial charge >= 0.3 is 31.1 Å². The van der Waals surface area contributed by atoms with Gasteiger partial charge in [-0.2, -0.15) is 24.6 Å². The van der Waals surface area contributed by atoms with Crippen molar-refractivity contribution < 1.29 is 35.9 Å². The number of hydrogen-bond donors (Lipinski definition) is 0. The standard InChI is InChI=1S/C20H17O.C3H7.C2H6.U/c1-4-10-17(11-5-1)20-15-9-2-6-12-18(20)16-21-19-13-7-3-8-14-19;1-3-2;1-2;/h1-7,9-14H,15-16H2;1,3H2,2H3;1-2H3;/q2*-1;;+2. The van der Waals surface area contributed by atoms with Gasteiger partial charge < -0.3 is 11.7 Å². The van der Waals surface area contributed by atoms with Crippen LogP contribution in [0, 0.1) is 44.1 Å². The molecule has 2 aromatic rings. The van der Waals surface area contributed by atoms with Crippen molar-refractivity contribution in [1.82, 2.24) is 0 Å². The molecule has 0 aliphatic heterocycles. The Bertz CT molecular complexity index is 685. The molecule has 0 saturated heterocycles. The zero-order chi connectivity index (χ0) is 19.0. The van der Waals surface area contributed by atoms with Gasteiger partial charge in [0.1, 0.15) is 0 Å². The summed E-state index contributed by atoms with van der Waals surface area (Å²) in [6.45, 7) is 10.1. The summed E-state index contributed by atoms with van der Waals surface area (Å²) in [5.41, 5.74) is 3.79. The summed E-state index contributed by atoms with van der Waals surface area (Å²) < 4.78 is 5.88. The van der Waals surface area contributed by atoms with Crippen LogP contribution < -0.4 is 4.74 Å². The van der Waals surface area contributed by atoms with Gasteiger partial charge in [0.15, 0.2) is 0 Å². The molecule has 27 heavy (non-hydrogen) atoms. The minimum Gasteiger partial charge on any atom is -0.547 e. The zero-order valence-corrected chi connectivity index (χ0v) is 20.9. The first kappa shape index (κ1) is 25.5. The summed E-state index contributed by atoms with van der Waals surface area (Å²) in [6, 6.07) is 21.2. The minimum absolute atomic E-state index is 0. The summed E-state index contributed by atoms with van der Waals surface area (Å²) in [4.78, 5) is 0. The van der Waals surface area contributed by atoms with Crippen LogP contribution in [-0.4, -0.2) is 6.61 Å². The second kappa shape index (κ2) is 16.7. The van der Waals surface area contributed by atoms with Crippen LogP contribution in [0.5, 0.6) is 5.75 Å². The topological polar surface area (TPSA) is 9.23 Å². The Kier molecular flexibility index (Phi) is 15.8. The van der Waals surface area contributed by atoms with Crippen LogP contribution in [0.4, 0.5) is 0 Å². The van der Waals surface area contributed by atoms with E-state index in [1.54, 1.807) is 0 Å². The first-order valence-electron chi connectivity index (χ1n) is 9.34. The molecule has 0 radical (unpaired) electrons. The van der Waals surface area contributed by atoms with E-state index >= 15 is 0 Å². The van der Waals surface area contributed by atoms with Crippen LogP contribution in [0.3, 0.4) is 0 Å². The van der Waals surface area contributed by atoms with E-state index in [-0.39, 0.29) is 31.1 Å². The molecule has 0 spiro atoms. The molecule has 1 nitrogen and oxygen atoms in total. The molecule has 2 aromatic carbocycles. The van der Waals surface area contributed by atoms with Crippen molar-refractivity contribution in [1.29, 1.82) is 0 Å². The smallest absolute Gasteiger partial charge is 0.547 e. The Morgan fingerprint density at radius 3 is 2.37 bits per heavy atom. The van der Waals surface area contributed by atoms with E-state index in [0.29, 0.717) is 6.61 Å². The summed E-state index contributed by atoms with van der Waals surface area (Å²) >= 11 is 0. The number of allylic oxidation sites excluding steroid dienone is 4. The van der Waals surface area contributed by atoms with Gasteiger partial charge in [-0.05, 0) is 23.1 Å². The van der Waals surface area contributed by atoms with E-state index < -0.39 is 0 Å². The maximum Gasteiger partial charge on any atom is 2.00 e. The molecule has 1 aliphatic carbocycles. The van der Waals surface area contributed by atoms with Crippen molar-refractivity contribution in [3.63, 3.8) is 0 Å². The van der Waals surface area contributed by atoms with Crippen molar-refractivity contribution in [2.24, 2.45) is 0 Å². The molecule has 0 heterocycles. The van der Waals surface area contributed by atoms with Crippen molar-refractivity contribution >= 4 is 5.57 Å². The van der Waals surface area contributed by atoms with Gasteiger partial charge in [0.2, 0.25) is 0 Å². The fourth-order valence-corrected chi connectivity index (χ4v) is 2.37. The Labute approximate surface area is 189 Å². The first-order valence-corrected chi connectivity index (χ1v) is 9.34. The summed E-state index contributed by atoms with van der Waals surface area (Å²) in [5.74, 6) is 0.850. The molecule has 3 rings (SSSR count). The number of hydrogen-bond acceptors (Lipinski definition) is 1. The quantitative estimate of drug-likeness (QED) is 0.349. The average Bonchev–Trinajstić information content (AvgIpc) is 2.95. The van der Waals surface area contributed by atoms with E-state index in [1.165, 1.54) is 16.7 Å². The largest absolute Gasteiger partial charge is 2.00 e. The molecule has 0 fully saturated rings. The molecule has 2 heteroatoms. The van der Waals surface area contributed by atoms with Gasteiger partial charge in [0.25, 0.3) is 0 Å². The molecule has 0 N–H and O–H groups in total. The van der Waals surface area contributed by atoms with Crippen LogP contribution in [-0.2, 0) is 0 Å². The second-order valence-corrected chi connectivity index (χ2v) is 5.39. The SMILES string of the molecule is CC.[CH2-]CC.[U+2].[c-]1cccc(OCC2=C(c3ccccc3)CC=CC=C2)c1. The van der Waals surface area contributed by atoms with E-state index in [0.717, 1.165) is 18.6 Å². The summed E-state index contributed by atoms with van der Waals surface area (Å²) in [7, 11) is 0. The Balaban J connectivity index is 0.00000103. The second-order valence-electron chi connectivity index (χ2n) is 5.39. The van der Waals surface area contributed by atoms with E-state index in [9.17, 15) is 0 Å². The molecule has 1 aliphatic rings. The van der Waals surface area contributed by atoms with E-state index in [2.05, 4.69) is 61.6 Å². The average molecular weight is 585 g/mol. The van der Waals surface area contributed by atoms with Crippen LogP contribution >= 0.6 is 0 Å². The molecule has 0 saturated carbocycles. The predicted octanol–water partition coefficient (Wildman–Crippen LogP) is 7.09. The van der Waals surface area contributed by atoms with E-state index in [1.807, 2.05) is 51.1 Å². The number of ether oxygens (including phenoxy) is 1. The zero-order valence-electron chi connectivity index (χ0n) is 16.7. The maximum absolute atomic E-state index is 5.88. The van der Waals surface area contributed by atoms with Crippen LogP contribution in [0.2, 0.25) is 0 Å². The molecule has 0 aromatic heterocycles. The Morgan fingerprint density at radius 1 is 1.04 bits per heavy atom. The molecule has 0 unspecified atom stereocenters. The van der Waals surface area contributed by atoms with Gasteiger partial charge in [-0.15, -0.1) is 12.1 Å². The van der Waals surface area contributed by atoms with Gasteiger partial charge in [-0.1, -0.05) is 75.4 Å². The van der Waals surface area contributed by atoms with Crippen molar-refractivity contribution in [3.8, 4) is 5.75 Å². The number of benzene rings is 2. The fourth-order valence-electron chi connectivity index (χ4n) is 2.37. The molecule has 140 valence electrons. The third kappa shape index (κ3) is 9.85. The normalized spacial score (nSPS) is 11.9. The van der Waals surface area contributed by atoms with Gasteiger partial charge in [0, 0.05) is 5.75 Å². The third-order valence-electron chi connectivity index (χ3n) is 3.45. The third-order valence-corrected chi connectivity index (χ3v) is 3.45. The van der Waals surface area contributed by atoms with Crippen molar-refractivity contribution in [2.45, 2.75) is 33.6 Å². The van der Waals surface area contributed by atoms with Gasteiger partial charge in [-0.3, -0.25) is 0 Å². The first-order chi connectivity index (χ1) is 12.8. The Hall–Kier alpha value is -1.49. The summed E-state index contributed by atoms with van der Waals surface area (Å²) in [5, 5.41) is 0. The van der Waals surface area contributed by atoms with E-state index in [4.69, 9.17) is 4.74 Å². The van der Waals surface area contributed by atoms with Gasteiger partial charge in [-0.25, -0.2) is 0 Å². The van der Waals surface area contributed by atoms with Crippen LogP contribution in [0.15, 0.2) is 84.5 Å².